The first kappa shape index (κ1) is 15.3. The highest BCUT2D eigenvalue weighted by atomic mass is 16.4. The van der Waals surface area contributed by atoms with Gasteiger partial charge in [0.05, 0.1) is 0 Å². The normalized spacial score (nSPS) is 21.9. The molecule has 1 fully saturated rings. The van der Waals surface area contributed by atoms with Crippen molar-refractivity contribution >= 4 is 17.9 Å². The van der Waals surface area contributed by atoms with Crippen LogP contribution in [0.1, 0.15) is 26.2 Å². The topological polar surface area (TPSA) is 113 Å². The van der Waals surface area contributed by atoms with E-state index < -0.39 is 24.5 Å². The van der Waals surface area contributed by atoms with Crippen LogP contribution in [0.3, 0.4) is 0 Å². The maximum atomic E-state index is 11.8. The van der Waals surface area contributed by atoms with Gasteiger partial charge in [0.25, 0.3) is 0 Å². The molecule has 1 aliphatic rings. The van der Waals surface area contributed by atoms with E-state index in [2.05, 4.69) is 12.2 Å². The first-order valence-corrected chi connectivity index (χ1v) is 6.41. The molecule has 0 bridgehead atoms. The van der Waals surface area contributed by atoms with Crippen LogP contribution in [0.5, 0.6) is 0 Å². The van der Waals surface area contributed by atoms with Crippen molar-refractivity contribution in [3.8, 4) is 0 Å². The Kier molecular flexibility index (Phi) is 5.59. The minimum atomic E-state index is -1.18. The molecule has 0 spiro atoms. The maximum Gasteiger partial charge on any atom is 0.323 e. The van der Waals surface area contributed by atoms with Gasteiger partial charge >= 0.3 is 12.0 Å². The van der Waals surface area contributed by atoms with Crippen LogP contribution in [0, 0.1) is 11.8 Å². The SMILES string of the molecule is CC1CCC(CNC(=O)N(CC(N)=O)CC(=O)O)C1. The summed E-state index contributed by atoms with van der Waals surface area (Å²) in [5.74, 6) is -0.807. The lowest BCUT2D eigenvalue weighted by molar-refractivity contribution is -0.137. The molecule has 1 aliphatic carbocycles. The van der Waals surface area contributed by atoms with Gasteiger partial charge in [-0.05, 0) is 24.7 Å². The molecule has 1 rings (SSSR count). The van der Waals surface area contributed by atoms with Crippen molar-refractivity contribution in [2.75, 3.05) is 19.6 Å². The predicted molar refractivity (Wildman–Crippen MR) is 68.3 cm³/mol. The van der Waals surface area contributed by atoms with Crippen LogP contribution >= 0.6 is 0 Å². The number of carboxylic acid groups (broad SMARTS) is 1. The molecule has 2 atom stereocenters. The summed E-state index contributed by atoms with van der Waals surface area (Å²) in [6.07, 6.45) is 3.28. The van der Waals surface area contributed by atoms with E-state index in [-0.39, 0.29) is 6.54 Å². The monoisotopic (exact) mass is 271 g/mol. The molecule has 19 heavy (non-hydrogen) atoms. The Labute approximate surface area is 112 Å². The second-order valence-electron chi connectivity index (χ2n) is 5.19. The van der Waals surface area contributed by atoms with Crippen LogP contribution in [0.15, 0.2) is 0 Å². The number of hydrogen-bond donors (Lipinski definition) is 3. The summed E-state index contributed by atoms with van der Waals surface area (Å²) in [5.41, 5.74) is 4.99. The molecule has 0 saturated heterocycles. The summed E-state index contributed by atoms with van der Waals surface area (Å²) >= 11 is 0. The lowest BCUT2D eigenvalue weighted by atomic mass is 10.1. The largest absolute Gasteiger partial charge is 0.480 e. The van der Waals surface area contributed by atoms with E-state index in [1.165, 1.54) is 0 Å². The highest BCUT2D eigenvalue weighted by Crippen LogP contribution is 2.29. The number of hydrogen-bond acceptors (Lipinski definition) is 3. The highest BCUT2D eigenvalue weighted by molar-refractivity contribution is 5.85. The number of nitrogens with two attached hydrogens (primary N) is 1. The standard InChI is InChI=1S/C12H21N3O4/c1-8-2-3-9(4-8)5-14-12(19)15(6-10(13)16)7-11(17)18/h8-9H,2-7H2,1H3,(H2,13,16)(H,14,19)(H,17,18). The molecule has 7 heteroatoms. The quantitative estimate of drug-likeness (QED) is 0.631. The van der Waals surface area contributed by atoms with E-state index in [0.717, 1.165) is 24.2 Å². The molecule has 108 valence electrons. The fraction of sp³-hybridized carbons (Fsp3) is 0.750. The lowest BCUT2D eigenvalue weighted by Crippen LogP contribution is -2.47. The van der Waals surface area contributed by atoms with Gasteiger partial charge in [0.15, 0.2) is 0 Å². The molecule has 0 aliphatic heterocycles. The molecule has 3 amide bonds. The van der Waals surface area contributed by atoms with Crippen molar-refractivity contribution in [1.29, 1.82) is 0 Å². The molecule has 4 N–H and O–H groups in total. The van der Waals surface area contributed by atoms with Crippen LogP contribution in [-0.2, 0) is 9.59 Å². The number of carboxylic acids is 1. The van der Waals surface area contributed by atoms with E-state index in [9.17, 15) is 14.4 Å². The van der Waals surface area contributed by atoms with Crippen molar-refractivity contribution in [1.82, 2.24) is 10.2 Å². The zero-order valence-electron chi connectivity index (χ0n) is 11.1. The van der Waals surface area contributed by atoms with Crippen LogP contribution in [0.25, 0.3) is 0 Å². The first-order chi connectivity index (χ1) is 8.88. The third kappa shape index (κ3) is 5.58. The average molecular weight is 271 g/mol. The van der Waals surface area contributed by atoms with Gasteiger partial charge in [0.2, 0.25) is 5.91 Å². The number of carbonyl (C=O) groups is 3. The number of nitrogens with one attached hydrogen (secondary N) is 1. The Balaban J connectivity index is 2.42. The van der Waals surface area contributed by atoms with E-state index >= 15 is 0 Å². The number of nitrogens with zero attached hydrogens (tertiary/aromatic N) is 1. The average Bonchev–Trinajstić information content (AvgIpc) is 2.70. The molecule has 0 radical (unpaired) electrons. The van der Waals surface area contributed by atoms with Gasteiger partial charge < -0.3 is 21.1 Å². The predicted octanol–water partition coefficient (Wildman–Crippen LogP) is 0.00410. The van der Waals surface area contributed by atoms with Gasteiger partial charge in [-0.25, -0.2) is 4.79 Å². The van der Waals surface area contributed by atoms with Gasteiger partial charge in [-0.2, -0.15) is 0 Å². The summed E-state index contributed by atoms with van der Waals surface area (Å²) in [4.78, 5) is 34.1. The number of carbonyl (C=O) groups excluding carboxylic acids is 2. The van der Waals surface area contributed by atoms with E-state index in [4.69, 9.17) is 10.8 Å². The summed E-state index contributed by atoms with van der Waals surface area (Å²) in [6.45, 7) is 1.76. The summed E-state index contributed by atoms with van der Waals surface area (Å²) in [6, 6.07) is -0.555. The summed E-state index contributed by atoms with van der Waals surface area (Å²) < 4.78 is 0. The van der Waals surface area contributed by atoms with Gasteiger partial charge in [0.1, 0.15) is 13.1 Å². The number of aliphatic carboxylic acids is 1. The van der Waals surface area contributed by atoms with Gasteiger partial charge in [0, 0.05) is 6.54 Å². The van der Waals surface area contributed by atoms with Crippen molar-refractivity contribution < 1.29 is 19.5 Å². The third-order valence-electron chi connectivity index (χ3n) is 3.31. The second-order valence-corrected chi connectivity index (χ2v) is 5.19. The lowest BCUT2D eigenvalue weighted by Gasteiger charge is -2.20. The van der Waals surface area contributed by atoms with E-state index in [0.29, 0.717) is 18.4 Å². The number of urea groups is 1. The van der Waals surface area contributed by atoms with Crippen LogP contribution in [-0.4, -0.2) is 47.5 Å². The molecule has 0 aromatic rings. The molecule has 0 aromatic heterocycles. The maximum absolute atomic E-state index is 11.8. The number of rotatable bonds is 6. The zero-order valence-corrected chi connectivity index (χ0v) is 11.1. The van der Waals surface area contributed by atoms with E-state index in [1.807, 2.05) is 0 Å². The second kappa shape index (κ2) is 6.96. The van der Waals surface area contributed by atoms with Crippen LogP contribution in [0.2, 0.25) is 0 Å². The van der Waals surface area contributed by atoms with Crippen molar-refractivity contribution in [2.45, 2.75) is 26.2 Å². The Bertz CT molecular complexity index is 343. The minimum absolute atomic E-state index is 0.390. The van der Waals surface area contributed by atoms with Gasteiger partial charge in [-0.1, -0.05) is 13.3 Å². The zero-order chi connectivity index (χ0) is 14.4. The number of amides is 3. The van der Waals surface area contributed by atoms with Crippen molar-refractivity contribution in [3.63, 3.8) is 0 Å². The Morgan fingerprint density at radius 1 is 1.32 bits per heavy atom. The molecular formula is C12H21N3O4. The number of primary amides is 1. The molecule has 0 aromatic carbocycles. The van der Waals surface area contributed by atoms with Crippen molar-refractivity contribution in [3.05, 3.63) is 0 Å². The molecular weight excluding hydrogens is 250 g/mol. The smallest absolute Gasteiger partial charge is 0.323 e. The molecule has 1 saturated carbocycles. The van der Waals surface area contributed by atoms with E-state index in [1.54, 1.807) is 0 Å². The first-order valence-electron chi connectivity index (χ1n) is 6.41. The molecule has 0 heterocycles. The summed E-state index contributed by atoms with van der Waals surface area (Å²) in [5, 5.41) is 11.4. The summed E-state index contributed by atoms with van der Waals surface area (Å²) in [7, 11) is 0. The Hall–Kier alpha value is -1.79. The van der Waals surface area contributed by atoms with Crippen LogP contribution < -0.4 is 11.1 Å². The van der Waals surface area contributed by atoms with Crippen LogP contribution in [0.4, 0.5) is 4.79 Å². The molecule has 7 nitrogen and oxygen atoms in total. The third-order valence-corrected chi connectivity index (χ3v) is 3.31. The van der Waals surface area contributed by atoms with Gasteiger partial charge in [-0.3, -0.25) is 9.59 Å². The van der Waals surface area contributed by atoms with Gasteiger partial charge in [-0.15, -0.1) is 0 Å². The minimum Gasteiger partial charge on any atom is -0.480 e. The highest BCUT2D eigenvalue weighted by Gasteiger charge is 2.23. The molecule has 2 unspecified atom stereocenters. The fourth-order valence-electron chi connectivity index (χ4n) is 2.40. The Morgan fingerprint density at radius 2 is 2.00 bits per heavy atom. The van der Waals surface area contributed by atoms with Crippen molar-refractivity contribution in [2.24, 2.45) is 17.6 Å². The Morgan fingerprint density at radius 3 is 2.47 bits per heavy atom. The fourth-order valence-corrected chi connectivity index (χ4v) is 2.40.